The first-order chi connectivity index (χ1) is 9.56. The summed E-state index contributed by atoms with van der Waals surface area (Å²) in [6.07, 6.45) is 0. The van der Waals surface area contributed by atoms with Crippen LogP contribution in [0.5, 0.6) is 0 Å². The van der Waals surface area contributed by atoms with E-state index in [1.807, 2.05) is 0 Å². The van der Waals surface area contributed by atoms with E-state index >= 15 is 0 Å². The van der Waals surface area contributed by atoms with Crippen molar-refractivity contribution in [2.75, 3.05) is 32.9 Å². The van der Waals surface area contributed by atoms with Crippen LogP contribution in [-0.4, -0.2) is 43.1 Å². The zero-order valence-electron chi connectivity index (χ0n) is 13.6. The molecule has 0 aliphatic carbocycles. The van der Waals surface area contributed by atoms with Crippen LogP contribution in [0, 0.1) is 5.92 Å². The zero-order valence-corrected chi connectivity index (χ0v) is 14.4. The van der Waals surface area contributed by atoms with E-state index in [-0.39, 0.29) is 0 Å². The van der Waals surface area contributed by atoms with Crippen molar-refractivity contribution in [1.29, 1.82) is 0 Å². The number of benzene rings is 1. The van der Waals surface area contributed by atoms with Gasteiger partial charge in [0.2, 0.25) is 0 Å². The summed E-state index contributed by atoms with van der Waals surface area (Å²) in [4.78, 5) is 2.26. The van der Waals surface area contributed by atoms with E-state index < -0.39 is 0 Å². The molecule has 0 aliphatic heterocycles. The Morgan fingerprint density at radius 1 is 1.15 bits per heavy atom. The fourth-order valence-corrected chi connectivity index (χ4v) is 3.92. The van der Waals surface area contributed by atoms with Crippen molar-refractivity contribution in [3.63, 3.8) is 0 Å². The van der Waals surface area contributed by atoms with E-state index in [1.165, 1.54) is 11.3 Å². The molecule has 1 aromatic carbocycles. The number of thioether (sulfide) groups is 1. The van der Waals surface area contributed by atoms with Gasteiger partial charge in [-0.2, -0.15) is 11.8 Å². The normalized spacial score (nSPS) is 14.8. The first-order valence-electron chi connectivity index (χ1n) is 7.61. The Hall–Kier alpha value is -0.510. The average Bonchev–Trinajstić information content (AvgIpc) is 2.42. The summed E-state index contributed by atoms with van der Waals surface area (Å²) in [6, 6.07) is 11.3. The van der Waals surface area contributed by atoms with Crippen LogP contribution < -0.4 is 5.32 Å². The Morgan fingerprint density at radius 3 is 2.30 bits per heavy atom. The molecule has 0 radical (unpaired) electrons. The maximum Gasteiger partial charge on any atom is 0.0443 e. The second kappa shape index (κ2) is 9.43. The average molecular weight is 295 g/mol. The molecule has 0 amide bonds. The molecule has 0 saturated carbocycles. The van der Waals surface area contributed by atoms with E-state index in [0.717, 1.165) is 13.1 Å². The summed E-state index contributed by atoms with van der Waals surface area (Å²) in [5, 5.41) is 4.29. The number of rotatable bonds is 9. The van der Waals surface area contributed by atoms with Crippen LogP contribution >= 0.6 is 11.8 Å². The van der Waals surface area contributed by atoms with Crippen molar-refractivity contribution >= 4 is 11.8 Å². The van der Waals surface area contributed by atoms with Gasteiger partial charge in [-0.15, -0.1) is 0 Å². The smallest absolute Gasteiger partial charge is 0.0443 e. The summed E-state index contributed by atoms with van der Waals surface area (Å²) < 4.78 is 0. The Balaban J connectivity index is 2.78. The monoisotopic (exact) mass is 294 g/mol. The maximum atomic E-state index is 3.68. The van der Waals surface area contributed by atoms with E-state index in [9.17, 15) is 0 Å². The SMILES string of the molecule is CCNC(c1ccccc1)C(SCCN(C)C)C(C)C. The number of nitrogens with zero attached hydrogens (tertiary/aromatic N) is 1. The Kier molecular flexibility index (Phi) is 8.27. The topological polar surface area (TPSA) is 15.3 Å². The van der Waals surface area contributed by atoms with Crippen molar-refractivity contribution in [2.45, 2.75) is 32.1 Å². The Morgan fingerprint density at radius 2 is 1.80 bits per heavy atom. The van der Waals surface area contributed by atoms with E-state index in [1.54, 1.807) is 0 Å². The van der Waals surface area contributed by atoms with Gasteiger partial charge in [0.05, 0.1) is 0 Å². The van der Waals surface area contributed by atoms with Crippen molar-refractivity contribution in [3.8, 4) is 0 Å². The minimum Gasteiger partial charge on any atom is -0.309 e. The minimum atomic E-state index is 0.438. The predicted octanol–water partition coefficient (Wildman–Crippen LogP) is 3.66. The first kappa shape index (κ1) is 17.5. The summed E-state index contributed by atoms with van der Waals surface area (Å²) in [5.41, 5.74) is 1.41. The lowest BCUT2D eigenvalue weighted by atomic mass is 9.96. The highest BCUT2D eigenvalue weighted by molar-refractivity contribution is 8.00. The molecule has 0 bridgehead atoms. The third kappa shape index (κ3) is 5.86. The van der Waals surface area contributed by atoms with E-state index in [2.05, 4.69) is 87.2 Å². The van der Waals surface area contributed by atoms with Crippen molar-refractivity contribution in [1.82, 2.24) is 10.2 Å². The van der Waals surface area contributed by atoms with Crippen LogP contribution in [-0.2, 0) is 0 Å². The van der Waals surface area contributed by atoms with Gasteiger partial charge in [-0.25, -0.2) is 0 Å². The minimum absolute atomic E-state index is 0.438. The van der Waals surface area contributed by atoms with E-state index in [4.69, 9.17) is 0 Å². The summed E-state index contributed by atoms with van der Waals surface area (Å²) in [5.74, 6) is 1.84. The van der Waals surface area contributed by atoms with Crippen LogP contribution in [0.15, 0.2) is 30.3 Å². The zero-order chi connectivity index (χ0) is 15.0. The van der Waals surface area contributed by atoms with Gasteiger partial charge in [-0.1, -0.05) is 51.1 Å². The molecule has 0 heterocycles. The molecule has 2 nitrogen and oxygen atoms in total. The first-order valence-corrected chi connectivity index (χ1v) is 8.65. The van der Waals surface area contributed by atoms with Crippen LogP contribution in [0.3, 0.4) is 0 Å². The highest BCUT2D eigenvalue weighted by Crippen LogP contribution is 2.32. The summed E-state index contributed by atoms with van der Waals surface area (Å²) in [7, 11) is 4.29. The van der Waals surface area contributed by atoms with Crippen LogP contribution in [0.1, 0.15) is 32.4 Å². The van der Waals surface area contributed by atoms with Gasteiger partial charge in [0.15, 0.2) is 0 Å². The Bertz CT molecular complexity index is 351. The van der Waals surface area contributed by atoms with Crippen molar-refractivity contribution in [3.05, 3.63) is 35.9 Å². The molecule has 3 heteroatoms. The summed E-state index contributed by atoms with van der Waals surface area (Å²) >= 11 is 2.10. The molecule has 0 aromatic heterocycles. The quantitative estimate of drug-likeness (QED) is 0.748. The van der Waals surface area contributed by atoms with Gasteiger partial charge in [-0.3, -0.25) is 0 Å². The van der Waals surface area contributed by atoms with Crippen LogP contribution in [0.2, 0.25) is 0 Å². The number of nitrogens with one attached hydrogen (secondary N) is 1. The lowest BCUT2D eigenvalue weighted by molar-refractivity contribution is 0.431. The predicted molar refractivity (Wildman–Crippen MR) is 92.5 cm³/mol. The molecular weight excluding hydrogens is 264 g/mol. The van der Waals surface area contributed by atoms with Crippen molar-refractivity contribution < 1.29 is 0 Å². The van der Waals surface area contributed by atoms with Gasteiger partial charge in [0, 0.05) is 23.6 Å². The fourth-order valence-electron chi connectivity index (χ4n) is 2.35. The van der Waals surface area contributed by atoms with Gasteiger partial charge >= 0.3 is 0 Å². The molecule has 0 fully saturated rings. The van der Waals surface area contributed by atoms with Crippen LogP contribution in [0.25, 0.3) is 0 Å². The lowest BCUT2D eigenvalue weighted by Crippen LogP contribution is -2.34. The molecule has 1 rings (SSSR count). The molecule has 1 N–H and O–H groups in total. The number of hydrogen-bond donors (Lipinski definition) is 1. The largest absolute Gasteiger partial charge is 0.309 e. The maximum absolute atomic E-state index is 3.68. The van der Waals surface area contributed by atoms with Gasteiger partial charge in [-0.05, 0) is 32.1 Å². The Labute approximate surface area is 129 Å². The van der Waals surface area contributed by atoms with E-state index in [0.29, 0.717) is 17.2 Å². The van der Waals surface area contributed by atoms with Gasteiger partial charge in [0.1, 0.15) is 0 Å². The molecule has 20 heavy (non-hydrogen) atoms. The molecule has 0 spiro atoms. The molecule has 0 saturated heterocycles. The molecular formula is C17H30N2S. The highest BCUT2D eigenvalue weighted by atomic mass is 32.2. The second-order valence-electron chi connectivity index (χ2n) is 5.83. The third-order valence-electron chi connectivity index (χ3n) is 3.42. The lowest BCUT2D eigenvalue weighted by Gasteiger charge is -2.31. The molecule has 2 atom stereocenters. The summed E-state index contributed by atoms with van der Waals surface area (Å²) in [6.45, 7) is 9.01. The van der Waals surface area contributed by atoms with Crippen molar-refractivity contribution in [2.24, 2.45) is 5.92 Å². The third-order valence-corrected chi connectivity index (χ3v) is 5.04. The van der Waals surface area contributed by atoms with Crippen LogP contribution in [0.4, 0.5) is 0 Å². The second-order valence-corrected chi connectivity index (χ2v) is 7.11. The van der Waals surface area contributed by atoms with Gasteiger partial charge < -0.3 is 10.2 Å². The molecule has 1 aromatic rings. The highest BCUT2D eigenvalue weighted by Gasteiger charge is 2.25. The fraction of sp³-hybridized carbons (Fsp3) is 0.647. The number of hydrogen-bond acceptors (Lipinski definition) is 3. The van der Waals surface area contributed by atoms with Gasteiger partial charge in [0.25, 0.3) is 0 Å². The molecule has 114 valence electrons. The standard InChI is InChI=1S/C17H30N2S/c1-6-18-16(15-10-8-7-9-11-15)17(14(2)3)20-13-12-19(4)5/h7-11,14,16-18H,6,12-13H2,1-5H3. The molecule has 2 unspecified atom stereocenters. The molecule has 0 aliphatic rings.